The molecule has 2 rings (SSSR count). The molecule has 0 fully saturated rings. The van der Waals surface area contributed by atoms with Gasteiger partial charge in [-0.05, 0) is 25.5 Å². The van der Waals surface area contributed by atoms with Crippen LogP contribution in [0.25, 0.3) is 10.9 Å². The van der Waals surface area contributed by atoms with Crippen molar-refractivity contribution in [1.82, 2.24) is 10.2 Å². The summed E-state index contributed by atoms with van der Waals surface area (Å²) >= 11 is 0. The quantitative estimate of drug-likeness (QED) is 0.636. The van der Waals surface area contributed by atoms with Crippen LogP contribution in [0.1, 0.15) is 11.3 Å². The summed E-state index contributed by atoms with van der Waals surface area (Å²) in [4.78, 5) is 0. The van der Waals surface area contributed by atoms with Crippen LogP contribution < -0.4 is 0 Å². The SMILES string of the molecule is Cc1ccc2[nH]nc(C)c2c1F. The maximum atomic E-state index is 13.4. The van der Waals surface area contributed by atoms with E-state index in [4.69, 9.17) is 0 Å². The van der Waals surface area contributed by atoms with Crippen molar-refractivity contribution >= 4 is 10.9 Å². The molecule has 0 aliphatic carbocycles. The van der Waals surface area contributed by atoms with E-state index < -0.39 is 0 Å². The van der Waals surface area contributed by atoms with Crippen LogP contribution in [0.5, 0.6) is 0 Å². The highest BCUT2D eigenvalue weighted by Gasteiger charge is 2.08. The number of H-pyrrole nitrogens is 1. The van der Waals surface area contributed by atoms with Gasteiger partial charge in [-0.15, -0.1) is 0 Å². The van der Waals surface area contributed by atoms with Gasteiger partial charge >= 0.3 is 0 Å². The Morgan fingerprint density at radius 3 is 2.83 bits per heavy atom. The first kappa shape index (κ1) is 7.28. The molecule has 12 heavy (non-hydrogen) atoms. The zero-order chi connectivity index (χ0) is 8.72. The van der Waals surface area contributed by atoms with E-state index in [0.717, 1.165) is 5.52 Å². The van der Waals surface area contributed by atoms with Crippen molar-refractivity contribution in [3.63, 3.8) is 0 Å². The summed E-state index contributed by atoms with van der Waals surface area (Å²) in [5.74, 6) is -0.168. The van der Waals surface area contributed by atoms with Crippen molar-refractivity contribution in [1.29, 1.82) is 0 Å². The minimum absolute atomic E-state index is 0.168. The number of fused-ring (bicyclic) bond motifs is 1. The lowest BCUT2D eigenvalue weighted by Crippen LogP contribution is -1.83. The van der Waals surface area contributed by atoms with Crippen molar-refractivity contribution in [3.8, 4) is 0 Å². The van der Waals surface area contributed by atoms with E-state index in [0.29, 0.717) is 16.6 Å². The lowest BCUT2D eigenvalue weighted by Gasteiger charge is -1.96. The zero-order valence-corrected chi connectivity index (χ0v) is 6.98. The van der Waals surface area contributed by atoms with E-state index in [2.05, 4.69) is 10.2 Å². The summed E-state index contributed by atoms with van der Waals surface area (Å²) in [6.45, 7) is 3.54. The molecule has 0 saturated carbocycles. The van der Waals surface area contributed by atoms with Crippen LogP contribution in [-0.2, 0) is 0 Å². The first-order valence-electron chi connectivity index (χ1n) is 3.80. The lowest BCUT2D eigenvalue weighted by molar-refractivity contribution is 0.630. The fourth-order valence-corrected chi connectivity index (χ4v) is 1.33. The fraction of sp³-hybridized carbons (Fsp3) is 0.222. The number of benzene rings is 1. The number of halogens is 1. The second kappa shape index (κ2) is 2.30. The van der Waals surface area contributed by atoms with Crippen LogP contribution in [0.3, 0.4) is 0 Å². The number of hydrogen-bond donors (Lipinski definition) is 1. The molecule has 2 aromatic rings. The number of hydrogen-bond acceptors (Lipinski definition) is 1. The van der Waals surface area contributed by atoms with Crippen molar-refractivity contribution in [2.45, 2.75) is 13.8 Å². The van der Waals surface area contributed by atoms with Gasteiger partial charge in [0.25, 0.3) is 0 Å². The molecule has 0 aliphatic heterocycles. The molecule has 3 heteroatoms. The highest BCUT2D eigenvalue weighted by Crippen LogP contribution is 2.21. The largest absolute Gasteiger partial charge is 0.277 e. The molecule has 1 N–H and O–H groups in total. The van der Waals surface area contributed by atoms with Crippen LogP contribution in [0, 0.1) is 19.7 Å². The number of aromatic amines is 1. The van der Waals surface area contributed by atoms with Gasteiger partial charge in [0.1, 0.15) is 5.82 Å². The molecular weight excluding hydrogens is 155 g/mol. The predicted molar refractivity (Wildman–Crippen MR) is 45.5 cm³/mol. The van der Waals surface area contributed by atoms with Gasteiger partial charge in [-0.2, -0.15) is 5.10 Å². The van der Waals surface area contributed by atoms with Gasteiger partial charge < -0.3 is 0 Å². The van der Waals surface area contributed by atoms with Gasteiger partial charge in [0.2, 0.25) is 0 Å². The van der Waals surface area contributed by atoms with Crippen molar-refractivity contribution in [2.75, 3.05) is 0 Å². The van der Waals surface area contributed by atoms with E-state index in [1.807, 2.05) is 6.07 Å². The summed E-state index contributed by atoms with van der Waals surface area (Å²) < 4.78 is 13.4. The number of nitrogens with zero attached hydrogens (tertiary/aromatic N) is 1. The minimum atomic E-state index is -0.168. The number of aryl methyl sites for hydroxylation is 2. The second-order valence-corrected chi connectivity index (χ2v) is 2.93. The number of aromatic nitrogens is 2. The zero-order valence-electron chi connectivity index (χ0n) is 6.98. The van der Waals surface area contributed by atoms with Gasteiger partial charge in [0.15, 0.2) is 0 Å². The Hall–Kier alpha value is -1.38. The van der Waals surface area contributed by atoms with E-state index in [-0.39, 0.29) is 5.82 Å². The predicted octanol–water partition coefficient (Wildman–Crippen LogP) is 2.32. The Bertz CT molecular complexity index is 431. The molecule has 0 aliphatic rings. The summed E-state index contributed by atoms with van der Waals surface area (Å²) in [6.07, 6.45) is 0. The van der Waals surface area contributed by atoms with Crippen LogP contribution in [-0.4, -0.2) is 10.2 Å². The molecule has 0 saturated heterocycles. The van der Waals surface area contributed by atoms with Gasteiger partial charge in [-0.3, -0.25) is 5.10 Å². The minimum Gasteiger partial charge on any atom is -0.277 e. The van der Waals surface area contributed by atoms with Crippen molar-refractivity contribution in [3.05, 3.63) is 29.2 Å². The molecule has 1 aromatic heterocycles. The van der Waals surface area contributed by atoms with Gasteiger partial charge in [0.05, 0.1) is 16.6 Å². The number of nitrogens with one attached hydrogen (secondary N) is 1. The maximum absolute atomic E-state index is 13.4. The third kappa shape index (κ3) is 0.826. The van der Waals surface area contributed by atoms with Gasteiger partial charge in [-0.1, -0.05) is 6.07 Å². The molecule has 0 amide bonds. The normalized spacial score (nSPS) is 10.9. The van der Waals surface area contributed by atoms with E-state index in [9.17, 15) is 4.39 Å². The average molecular weight is 164 g/mol. The van der Waals surface area contributed by atoms with E-state index in [1.54, 1.807) is 19.9 Å². The average Bonchev–Trinajstić information content (AvgIpc) is 2.41. The van der Waals surface area contributed by atoms with Crippen LogP contribution in [0.15, 0.2) is 12.1 Å². The summed E-state index contributed by atoms with van der Waals surface area (Å²) in [5, 5.41) is 7.31. The summed E-state index contributed by atoms with van der Waals surface area (Å²) in [7, 11) is 0. The smallest absolute Gasteiger partial charge is 0.137 e. The second-order valence-electron chi connectivity index (χ2n) is 2.93. The standard InChI is InChI=1S/C9H9FN2/c1-5-3-4-7-8(9(5)10)6(2)11-12-7/h3-4H,1-2H3,(H,11,12). The van der Waals surface area contributed by atoms with Crippen molar-refractivity contribution in [2.24, 2.45) is 0 Å². The first-order chi connectivity index (χ1) is 5.70. The molecule has 1 heterocycles. The third-order valence-corrected chi connectivity index (χ3v) is 2.04. The third-order valence-electron chi connectivity index (χ3n) is 2.04. The van der Waals surface area contributed by atoms with Crippen LogP contribution in [0.2, 0.25) is 0 Å². The summed E-state index contributed by atoms with van der Waals surface area (Å²) in [6, 6.07) is 3.59. The van der Waals surface area contributed by atoms with Gasteiger partial charge in [0, 0.05) is 0 Å². The Morgan fingerprint density at radius 2 is 2.08 bits per heavy atom. The monoisotopic (exact) mass is 164 g/mol. The molecular formula is C9H9FN2. The highest BCUT2D eigenvalue weighted by molar-refractivity contribution is 5.82. The molecule has 0 bridgehead atoms. The molecule has 1 aromatic carbocycles. The Balaban J connectivity index is 2.96. The molecule has 0 atom stereocenters. The highest BCUT2D eigenvalue weighted by atomic mass is 19.1. The summed E-state index contributed by atoms with van der Waals surface area (Å²) in [5.41, 5.74) is 2.13. The molecule has 62 valence electrons. The molecule has 0 unspecified atom stereocenters. The first-order valence-corrected chi connectivity index (χ1v) is 3.80. The Morgan fingerprint density at radius 1 is 1.33 bits per heavy atom. The number of rotatable bonds is 0. The topological polar surface area (TPSA) is 28.7 Å². The Labute approximate surface area is 69.4 Å². The molecule has 2 nitrogen and oxygen atoms in total. The molecule has 0 spiro atoms. The fourth-order valence-electron chi connectivity index (χ4n) is 1.33. The Kier molecular flexibility index (Phi) is 1.40. The lowest BCUT2D eigenvalue weighted by atomic mass is 10.1. The van der Waals surface area contributed by atoms with E-state index in [1.165, 1.54) is 0 Å². The molecule has 0 radical (unpaired) electrons. The van der Waals surface area contributed by atoms with Crippen LogP contribution in [0.4, 0.5) is 4.39 Å². The maximum Gasteiger partial charge on any atom is 0.137 e. The van der Waals surface area contributed by atoms with Gasteiger partial charge in [-0.25, -0.2) is 4.39 Å². The van der Waals surface area contributed by atoms with E-state index >= 15 is 0 Å². The van der Waals surface area contributed by atoms with Crippen LogP contribution >= 0.6 is 0 Å². The van der Waals surface area contributed by atoms with Crippen molar-refractivity contribution < 1.29 is 4.39 Å².